The molecule has 0 bridgehead atoms. The fourth-order valence-electron chi connectivity index (χ4n) is 4.64. The Bertz CT molecular complexity index is 1580. The summed E-state index contributed by atoms with van der Waals surface area (Å²) in [6.45, 7) is 3.95. The maximum absolute atomic E-state index is 12.6. The summed E-state index contributed by atoms with van der Waals surface area (Å²) >= 11 is 0. The minimum absolute atomic E-state index is 0.0335. The number of unbranched alkanes of at least 4 members (excludes halogenated alkanes) is 1. The molecule has 0 saturated heterocycles. The van der Waals surface area contributed by atoms with Crippen molar-refractivity contribution < 1.29 is 19.2 Å². The number of aryl methyl sites for hydroxylation is 1. The van der Waals surface area contributed by atoms with Gasteiger partial charge >= 0.3 is 0 Å². The highest BCUT2D eigenvalue weighted by molar-refractivity contribution is 6.21. The zero-order chi connectivity index (χ0) is 30.2. The average Bonchev–Trinajstić information content (AvgIpc) is 3.24. The van der Waals surface area contributed by atoms with Gasteiger partial charge in [0.1, 0.15) is 17.8 Å². The van der Waals surface area contributed by atoms with Crippen molar-refractivity contribution >= 4 is 34.6 Å². The average molecular weight is 566 g/mol. The highest BCUT2D eigenvalue weighted by Gasteiger charge is 2.34. The molecule has 1 aliphatic rings. The molecule has 0 atom stereocenters. The number of hydrogen-bond acceptors (Lipinski definition) is 10. The number of imide groups is 1. The molecule has 12 nitrogen and oxygen atoms in total. The van der Waals surface area contributed by atoms with E-state index in [1.807, 2.05) is 31.2 Å². The maximum Gasteiger partial charge on any atom is 0.272 e. The predicted molar refractivity (Wildman–Crippen MR) is 153 cm³/mol. The number of carbonyl (C=O) groups is 2. The quantitative estimate of drug-likeness (QED) is 0.0901. The third kappa shape index (κ3) is 6.30. The van der Waals surface area contributed by atoms with Crippen LogP contribution in [0.15, 0.2) is 64.8 Å². The van der Waals surface area contributed by atoms with Gasteiger partial charge in [-0.3, -0.25) is 24.6 Å². The van der Waals surface area contributed by atoms with Crippen LogP contribution in [0.2, 0.25) is 0 Å². The lowest BCUT2D eigenvalue weighted by molar-refractivity contribution is -0.384. The van der Waals surface area contributed by atoms with Gasteiger partial charge in [0.2, 0.25) is 0 Å². The van der Waals surface area contributed by atoms with Crippen molar-refractivity contribution in [2.75, 3.05) is 38.3 Å². The minimum atomic E-state index is -0.675. The van der Waals surface area contributed by atoms with Crippen LogP contribution in [0.5, 0.6) is 0 Å². The molecule has 0 saturated carbocycles. The number of rotatable bonds is 12. The Kier molecular flexibility index (Phi) is 9.32. The summed E-state index contributed by atoms with van der Waals surface area (Å²) in [5.41, 5.74) is 2.44. The van der Waals surface area contributed by atoms with Gasteiger partial charge in [0.05, 0.1) is 39.5 Å². The van der Waals surface area contributed by atoms with Gasteiger partial charge in [-0.05, 0) is 55.7 Å². The monoisotopic (exact) mass is 565 g/mol. The van der Waals surface area contributed by atoms with E-state index in [2.05, 4.69) is 15.1 Å². The van der Waals surface area contributed by atoms with E-state index in [4.69, 9.17) is 4.74 Å². The van der Waals surface area contributed by atoms with Crippen LogP contribution in [-0.4, -0.2) is 55.0 Å². The molecule has 12 heteroatoms. The number of ether oxygens (including phenoxy) is 1. The van der Waals surface area contributed by atoms with Crippen LogP contribution in [0.3, 0.4) is 0 Å². The van der Waals surface area contributed by atoms with E-state index in [0.29, 0.717) is 49.5 Å². The van der Waals surface area contributed by atoms with E-state index in [-0.39, 0.29) is 34.3 Å². The van der Waals surface area contributed by atoms with Crippen molar-refractivity contribution in [3.05, 3.63) is 92.5 Å². The predicted octanol–water partition coefficient (Wildman–Crippen LogP) is 5.59. The zero-order valence-corrected chi connectivity index (χ0v) is 23.1. The number of benzene rings is 3. The van der Waals surface area contributed by atoms with Crippen molar-refractivity contribution in [3.63, 3.8) is 0 Å². The number of nitro groups is 1. The lowest BCUT2D eigenvalue weighted by Gasteiger charge is -2.25. The number of carbonyl (C=O) groups excluding carboxylic acids is 2. The van der Waals surface area contributed by atoms with E-state index < -0.39 is 4.92 Å². The third-order valence-electron chi connectivity index (χ3n) is 6.85. The van der Waals surface area contributed by atoms with Gasteiger partial charge in [-0.15, -0.1) is 5.11 Å². The number of methoxy groups -OCH3 is 1. The van der Waals surface area contributed by atoms with Gasteiger partial charge in [-0.1, -0.05) is 12.1 Å². The third-order valence-corrected chi connectivity index (χ3v) is 6.85. The first-order valence-corrected chi connectivity index (χ1v) is 13.1. The van der Waals surface area contributed by atoms with Crippen molar-refractivity contribution in [2.45, 2.75) is 19.8 Å². The Balaban J connectivity index is 1.45. The molecular weight excluding hydrogens is 538 g/mol. The maximum atomic E-state index is 12.6. The van der Waals surface area contributed by atoms with E-state index in [9.17, 15) is 30.2 Å². The minimum Gasteiger partial charge on any atom is -0.383 e. The van der Waals surface area contributed by atoms with Crippen molar-refractivity contribution in [3.8, 4) is 12.1 Å². The first kappa shape index (κ1) is 29.5. The molecule has 0 unspecified atom stereocenters. The normalized spacial score (nSPS) is 12.3. The summed E-state index contributed by atoms with van der Waals surface area (Å²) in [6.07, 6.45) is 1.36. The van der Waals surface area contributed by atoms with Crippen LogP contribution < -0.4 is 4.90 Å². The number of anilines is 1. The zero-order valence-electron chi connectivity index (χ0n) is 23.1. The summed E-state index contributed by atoms with van der Waals surface area (Å²) in [7, 11) is 1.62. The van der Waals surface area contributed by atoms with E-state index in [0.717, 1.165) is 29.8 Å². The smallest absolute Gasteiger partial charge is 0.272 e. The molecule has 0 N–H and O–H groups in total. The van der Waals surface area contributed by atoms with Crippen LogP contribution >= 0.6 is 0 Å². The van der Waals surface area contributed by atoms with Crippen LogP contribution in [0.1, 0.15) is 50.2 Å². The number of azo groups is 1. The topological polar surface area (TPSA) is 165 Å². The SMILES string of the molecule is COCCN(CCCCN1C(=O)c2ccccc2C1=O)c1ccc(N=Nc2c(C#N)cc([N+](=O)[O-])cc2C#N)c(C)c1. The van der Waals surface area contributed by atoms with Crippen LogP contribution in [0.4, 0.5) is 22.7 Å². The van der Waals surface area contributed by atoms with Crippen molar-refractivity contribution in [2.24, 2.45) is 10.2 Å². The number of amides is 2. The number of nitrogens with zero attached hydrogens (tertiary/aromatic N) is 7. The summed E-state index contributed by atoms with van der Waals surface area (Å²) in [6, 6.07) is 18.2. The standard InChI is InChI=1S/C30H27N7O5/c1-20-15-23(9-10-27(20)33-34-28-21(18-31)16-24(37(40)41)17-22(28)19-32)35(13-14-42-2)11-5-6-12-36-29(38)25-7-3-4-8-26(25)30(36)39/h3-4,7-10,15-17H,5-6,11-14H2,1-2H3. The van der Waals surface area contributed by atoms with Gasteiger partial charge in [-0.2, -0.15) is 15.6 Å². The molecule has 0 aliphatic carbocycles. The van der Waals surface area contributed by atoms with Gasteiger partial charge < -0.3 is 9.64 Å². The number of hydrogen-bond donors (Lipinski definition) is 0. The molecule has 3 aromatic carbocycles. The number of nitriles is 2. The molecular formula is C30H27N7O5. The molecule has 1 heterocycles. The number of fused-ring (bicyclic) bond motifs is 1. The second-order valence-corrected chi connectivity index (χ2v) is 9.54. The Labute approximate surface area is 242 Å². The van der Waals surface area contributed by atoms with E-state index in [1.165, 1.54) is 4.90 Å². The second kappa shape index (κ2) is 13.3. The van der Waals surface area contributed by atoms with Crippen LogP contribution in [-0.2, 0) is 4.74 Å². The highest BCUT2D eigenvalue weighted by Crippen LogP contribution is 2.32. The van der Waals surface area contributed by atoms with Gasteiger partial charge in [0.25, 0.3) is 17.5 Å². The molecule has 0 spiro atoms. The lowest BCUT2D eigenvalue weighted by Crippen LogP contribution is -2.32. The molecule has 1 aliphatic heterocycles. The fraction of sp³-hybridized carbons (Fsp3) is 0.267. The summed E-state index contributed by atoms with van der Waals surface area (Å²) in [5.74, 6) is -0.519. The number of nitro benzene ring substituents is 1. The fourth-order valence-corrected chi connectivity index (χ4v) is 4.64. The molecule has 3 aromatic rings. The van der Waals surface area contributed by atoms with Gasteiger partial charge in [-0.25, -0.2) is 0 Å². The lowest BCUT2D eigenvalue weighted by atomic mass is 10.1. The van der Waals surface area contributed by atoms with Crippen molar-refractivity contribution in [1.29, 1.82) is 10.5 Å². The van der Waals surface area contributed by atoms with Crippen molar-refractivity contribution in [1.82, 2.24) is 4.90 Å². The van der Waals surface area contributed by atoms with Gasteiger partial charge in [0, 0.05) is 44.6 Å². The Morgan fingerprint density at radius 3 is 2.14 bits per heavy atom. The molecule has 0 radical (unpaired) electrons. The molecule has 0 aromatic heterocycles. The van der Waals surface area contributed by atoms with Crippen LogP contribution in [0, 0.1) is 39.7 Å². The number of non-ortho nitro benzene ring substituents is 1. The second-order valence-electron chi connectivity index (χ2n) is 9.54. The summed E-state index contributed by atoms with van der Waals surface area (Å²) in [4.78, 5) is 39.1. The Morgan fingerprint density at radius 2 is 1.60 bits per heavy atom. The highest BCUT2D eigenvalue weighted by atomic mass is 16.6. The largest absolute Gasteiger partial charge is 0.383 e. The van der Waals surface area contributed by atoms with Crippen LogP contribution in [0.25, 0.3) is 0 Å². The first-order valence-electron chi connectivity index (χ1n) is 13.1. The molecule has 4 rings (SSSR count). The molecule has 212 valence electrons. The molecule has 2 amide bonds. The van der Waals surface area contributed by atoms with E-state index >= 15 is 0 Å². The van der Waals surface area contributed by atoms with E-state index in [1.54, 1.807) is 37.4 Å². The molecule has 42 heavy (non-hydrogen) atoms. The Hall–Kier alpha value is -5.46. The Morgan fingerprint density at radius 1 is 0.952 bits per heavy atom. The first-order chi connectivity index (χ1) is 20.3. The summed E-state index contributed by atoms with van der Waals surface area (Å²) < 4.78 is 5.29. The summed E-state index contributed by atoms with van der Waals surface area (Å²) in [5, 5.41) is 38.3. The molecule has 0 fully saturated rings. The van der Waals surface area contributed by atoms with Gasteiger partial charge in [0.15, 0.2) is 0 Å².